The molecule has 4 aromatic rings. The van der Waals surface area contributed by atoms with Gasteiger partial charge in [0.25, 0.3) is 0 Å². The summed E-state index contributed by atoms with van der Waals surface area (Å²) in [4.78, 5) is 6.12. The number of benzene rings is 2. The Morgan fingerprint density at radius 3 is 2.57 bits per heavy atom. The number of aromatic nitrogens is 4. The fourth-order valence-electron chi connectivity index (χ4n) is 3.26. The van der Waals surface area contributed by atoms with Crippen LogP contribution in [0.4, 0.5) is 0 Å². The maximum Gasteiger partial charge on any atom is 0.203 e. The van der Waals surface area contributed by atoms with E-state index in [0.717, 1.165) is 27.7 Å². The first-order chi connectivity index (χ1) is 13.5. The number of hydrogen-bond acceptors (Lipinski definition) is 4. The van der Waals surface area contributed by atoms with Crippen LogP contribution < -0.4 is 4.90 Å². The predicted molar refractivity (Wildman–Crippen MR) is 116 cm³/mol. The molecule has 0 saturated heterocycles. The van der Waals surface area contributed by atoms with Gasteiger partial charge in [0.1, 0.15) is 11.9 Å². The van der Waals surface area contributed by atoms with Crippen LogP contribution in [0.2, 0.25) is 0 Å². The molecule has 28 heavy (non-hydrogen) atoms. The van der Waals surface area contributed by atoms with Crippen LogP contribution in [0.5, 0.6) is 0 Å². The normalized spacial score (nSPS) is 13.7. The molecule has 0 aliphatic carbocycles. The van der Waals surface area contributed by atoms with Gasteiger partial charge < -0.3 is 4.90 Å². The van der Waals surface area contributed by atoms with E-state index in [1.807, 2.05) is 23.7 Å². The van der Waals surface area contributed by atoms with Crippen molar-refractivity contribution in [2.24, 2.45) is 0 Å². The van der Waals surface area contributed by atoms with E-state index in [1.54, 1.807) is 11.3 Å². The van der Waals surface area contributed by atoms with Crippen LogP contribution in [-0.4, -0.2) is 26.4 Å². The molecule has 4 rings (SSSR count). The van der Waals surface area contributed by atoms with Crippen LogP contribution in [0.1, 0.15) is 29.4 Å². The first kappa shape index (κ1) is 19.0. The number of nitrogens with one attached hydrogen (secondary N) is 1. The number of fused-ring (bicyclic) bond motifs is 1. The van der Waals surface area contributed by atoms with Gasteiger partial charge in [0.05, 0.1) is 23.8 Å². The van der Waals surface area contributed by atoms with E-state index in [1.165, 1.54) is 15.2 Å². The van der Waals surface area contributed by atoms with Crippen molar-refractivity contribution in [2.45, 2.75) is 33.1 Å². The van der Waals surface area contributed by atoms with Crippen molar-refractivity contribution in [1.29, 1.82) is 0 Å². The molecule has 0 bridgehead atoms. The molecule has 5 nitrogen and oxygen atoms in total. The maximum absolute atomic E-state index is 5.72. The molecule has 1 N–H and O–H groups in total. The lowest BCUT2D eigenvalue weighted by Crippen LogP contribution is -3.08. The highest BCUT2D eigenvalue weighted by Gasteiger charge is 2.21. The zero-order chi connectivity index (χ0) is 19.7. The molecule has 0 fully saturated rings. The summed E-state index contributed by atoms with van der Waals surface area (Å²) in [5.74, 6) is 0.939. The maximum atomic E-state index is 5.72. The quantitative estimate of drug-likeness (QED) is 0.494. The molecule has 0 amide bonds. The monoisotopic (exact) mass is 410 g/mol. The zero-order valence-electron chi connectivity index (χ0n) is 16.3. The second kappa shape index (κ2) is 7.95. The van der Waals surface area contributed by atoms with Crippen molar-refractivity contribution in [3.05, 3.63) is 75.8 Å². The van der Waals surface area contributed by atoms with Crippen molar-refractivity contribution in [1.82, 2.24) is 19.3 Å². The Hall–Kier alpha value is -2.35. The molecular weight excluding hydrogens is 386 g/mol. The van der Waals surface area contributed by atoms with E-state index in [2.05, 4.69) is 61.0 Å². The second-order valence-electron chi connectivity index (χ2n) is 7.15. The summed E-state index contributed by atoms with van der Waals surface area (Å²) >= 11 is 7.49. The zero-order valence-corrected chi connectivity index (χ0v) is 17.9. The largest absolute Gasteiger partial charge is 0.311 e. The van der Waals surface area contributed by atoms with E-state index in [-0.39, 0.29) is 6.04 Å². The average molecular weight is 411 g/mol. The Kier molecular flexibility index (Phi) is 5.39. The van der Waals surface area contributed by atoms with Gasteiger partial charge in [-0.25, -0.2) is 4.98 Å². The van der Waals surface area contributed by atoms with E-state index < -0.39 is 0 Å². The minimum absolute atomic E-state index is 0.263. The highest BCUT2D eigenvalue weighted by Crippen LogP contribution is 2.24. The highest BCUT2D eigenvalue weighted by atomic mass is 32.1. The first-order valence-corrected chi connectivity index (χ1v) is 10.6. The summed E-state index contributed by atoms with van der Waals surface area (Å²) in [6, 6.07) is 18.9. The molecule has 0 aliphatic rings. The molecule has 2 atom stereocenters. The number of thiazole rings is 1. The van der Waals surface area contributed by atoms with Crippen LogP contribution >= 0.6 is 23.6 Å². The summed E-state index contributed by atoms with van der Waals surface area (Å²) in [6.45, 7) is 5.68. The van der Waals surface area contributed by atoms with Gasteiger partial charge in [0, 0.05) is 0 Å². The van der Waals surface area contributed by atoms with Crippen molar-refractivity contribution < 1.29 is 4.90 Å². The molecule has 2 aromatic heterocycles. The van der Waals surface area contributed by atoms with Crippen molar-refractivity contribution in [3.8, 4) is 0 Å². The van der Waals surface area contributed by atoms with Gasteiger partial charge in [0.2, 0.25) is 4.77 Å². The lowest BCUT2D eigenvalue weighted by atomic mass is 10.2. The van der Waals surface area contributed by atoms with E-state index in [0.29, 0.717) is 6.67 Å². The smallest absolute Gasteiger partial charge is 0.203 e. The van der Waals surface area contributed by atoms with Crippen molar-refractivity contribution in [3.63, 3.8) is 0 Å². The summed E-state index contributed by atoms with van der Waals surface area (Å²) < 4.78 is 6.03. The Morgan fingerprint density at radius 1 is 1.11 bits per heavy atom. The van der Waals surface area contributed by atoms with Crippen LogP contribution in [0.15, 0.2) is 54.6 Å². The van der Waals surface area contributed by atoms with Crippen molar-refractivity contribution >= 4 is 33.8 Å². The van der Waals surface area contributed by atoms with Gasteiger partial charge in [-0.05, 0) is 43.8 Å². The third-order valence-corrected chi connectivity index (χ3v) is 6.76. The minimum Gasteiger partial charge on any atom is -0.311 e. The molecule has 2 heterocycles. The second-order valence-corrected chi connectivity index (χ2v) is 8.57. The van der Waals surface area contributed by atoms with Gasteiger partial charge in [0.15, 0.2) is 11.7 Å². The van der Waals surface area contributed by atoms with E-state index in [4.69, 9.17) is 22.3 Å². The molecule has 2 aromatic carbocycles. The molecule has 144 valence electrons. The van der Waals surface area contributed by atoms with Gasteiger partial charge in [-0.1, -0.05) is 42.5 Å². The highest BCUT2D eigenvalue weighted by molar-refractivity contribution is 7.71. The van der Waals surface area contributed by atoms with Gasteiger partial charge in [-0.15, -0.1) is 11.3 Å². The molecule has 7 heteroatoms. The van der Waals surface area contributed by atoms with Gasteiger partial charge in [-0.2, -0.15) is 9.78 Å². The SMILES string of the molecule is Cc1nn(C[NH+](C)[C@@H](C)c2nc3ccccc3s2)c(=S)n1Cc1ccccc1. The third kappa shape index (κ3) is 3.78. The Balaban J connectivity index is 1.53. The Morgan fingerprint density at radius 2 is 1.82 bits per heavy atom. The summed E-state index contributed by atoms with van der Waals surface area (Å²) in [5.41, 5.74) is 2.30. The van der Waals surface area contributed by atoms with E-state index >= 15 is 0 Å². The molecule has 0 saturated carbocycles. The average Bonchev–Trinajstić information content (AvgIpc) is 3.25. The molecule has 1 unspecified atom stereocenters. The standard InChI is InChI=1S/C21H23N5S2/c1-15(20-22-18-11-7-8-12-19(18)28-20)24(3)14-26-21(27)25(16(2)23-26)13-17-9-5-4-6-10-17/h4-12,15H,13-14H2,1-3H3/p+1/t15-/m0/s1. The van der Waals surface area contributed by atoms with Gasteiger partial charge >= 0.3 is 0 Å². The number of aryl methyl sites for hydroxylation is 1. The minimum atomic E-state index is 0.263. The van der Waals surface area contributed by atoms with Crippen molar-refractivity contribution in [2.75, 3.05) is 7.05 Å². The van der Waals surface area contributed by atoms with Crippen LogP contribution in [-0.2, 0) is 13.2 Å². The predicted octanol–water partition coefficient (Wildman–Crippen LogP) is 3.61. The molecular formula is C21H24N5S2+. The fourth-order valence-corrected chi connectivity index (χ4v) is 4.67. The summed E-state index contributed by atoms with van der Waals surface area (Å²) in [6.07, 6.45) is 0. The summed E-state index contributed by atoms with van der Waals surface area (Å²) in [5, 5.41) is 5.85. The molecule has 0 spiro atoms. The lowest BCUT2D eigenvalue weighted by Gasteiger charge is -2.19. The first-order valence-electron chi connectivity index (χ1n) is 9.39. The number of quaternary nitrogens is 1. The topological polar surface area (TPSA) is 40.1 Å². The third-order valence-electron chi connectivity index (χ3n) is 5.11. The number of hydrogen-bond donors (Lipinski definition) is 1. The Bertz CT molecular complexity index is 1110. The molecule has 0 aliphatic heterocycles. The van der Waals surface area contributed by atoms with Crippen LogP contribution in [0, 0.1) is 11.7 Å². The summed E-state index contributed by atoms with van der Waals surface area (Å²) in [7, 11) is 2.17. The van der Waals surface area contributed by atoms with Crippen LogP contribution in [0.25, 0.3) is 10.2 Å². The lowest BCUT2D eigenvalue weighted by molar-refractivity contribution is -0.933. The number of rotatable bonds is 6. The fraction of sp³-hybridized carbons (Fsp3) is 0.286. The van der Waals surface area contributed by atoms with E-state index in [9.17, 15) is 0 Å². The van der Waals surface area contributed by atoms with Gasteiger partial charge in [-0.3, -0.25) is 4.57 Å². The van der Waals surface area contributed by atoms with Crippen LogP contribution in [0.3, 0.4) is 0 Å². The Labute approximate surface area is 173 Å². The molecule has 0 radical (unpaired) electrons. The number of para-hydroxylation sites is 1. The number of nitrogens with zero attached hydrogens (tertiary/aromatic N) is 4.